The molecule has 2 aromatic carbocycles. The van der Waals surface area contributed by atoms with E-state index in [1.807, 2.05) is 24.3 Å². The van der Waals surface area contributed by atoms with Crippen LogP contribution in [0, 0.1) is 24.5 Å². The highest BCUT2D eigenvalue weighted by Gasteiger charge is 2.28. The Kier molecular flexibility index (Phi) is 6.87. The van der Waals surface area contributed by atoms with Crippen LogP contribution in [0.2, 0.25) is 5.02 Å². The number of nitrogens with one attached hydrogen (secondary N) is 2. The molecule has 176 valence electrons. The maximum absolute atomic E-state index is 14.7. The van der Waals surface area contributed by atoms with E-state index in [1.165, 1.54) is 6.07 Å². The second kappa shape index (κ2) is 9.66. The maximum Gasteiger partial charge on any atom is 0.266 e. The summed E-state index contributed by atoms with van der Waals surface area (Å²) in [6.07, 6.45) is 0.858. The number of aromatic nitrogens is 1. The molecule has 11 heteroatoms. The Morgan fingerprint density at radius 1 is 1.21 bits per heavy atom. The lowest BCUT2D eigenvalue weighted by Crippen LogP contribution is -2.38. The van der Waals surface area contributed by atoms with Gasteiger partial charge in [0, 0.05) is 35.7 Å². The average molecular weight is 498 g/mol. The molecule has 1 aromatic heterocycles. The number of piperidine rings is 1. The van der Waals surface area contributed by atoms with Crippen LogP contribution >= 0.6 is 11.6 Å². The van der Waals surface area contributed by atoms with E-state index in [-0.39, 0.29) is 30.0 Å². The Bertz CT molecular complexity index is 1230. The van der Waals surface area contributed by atoms with Gasteiger partial charge >= 0.3 is 0 Å². The van der Waals surface area contributed by atoms with E-state index in [4.69, 9.17) is 20.9 Å². The molecule has 3 aromatic rings. The van der Waals surface area contributed by atoms with Crippen molar-refractivity contribution in [2.75, 3.05) is 24.4 Å². The van der Waals surface area contributed by atoms with Crippen LogP contribution in [-0.4, -0.2) is 33.3 Å². The van der Waals surface area contributed by atoms with Crippen LogP contribution < -0.4 is 14.8 Å². The molecule has 4 rings (SSSR count). The van der Waals surface area contributed by atoms with Crippen LogP contribution in [0.3, 0.4) is 0 Å². The largest absolute Gasteiger partial charge is 0.490 e. The maximum atomic E-state index is 14.7. The molecular formula is C22H22ClF2N3O4S. The van der Waals surface area contributed by atoms with Crippen LogP contribution in [0.25, 0.3) is 0 Å². The van der Waals surface area contributed by atoms with Gasteiger partial charge in [0.2, 0.25) is 0 Å². The highest BCUT2D eigenvalue weighted by molar-refractivity contribution is 7.92. The van der Waals surface area contributed by atoms with Crippen LogP contribution in [0.4, 0.5) is 14.6 Å². The molecule has 0 radical (unpaired) electrons. The number of halogens is 3. The summed E-state index contributed by atoms with van der Waals surface area (Å²) in [5.74, 6) is -2.10. The standard InChI is InChI=1S/C22H22ClF2N3O4S/c1-13-8-22(27-32-13)28-33(29,30)21-10-18(24)20(9-19(21)25)31-12-15-11-26-7-6-17(15)14-2-4-16(23)5-3-14/h2-5,8-10,15,17,26H,6-7,11-12H2,1H3,(H,27,28)/t15-,17-/m0/s1. The number of benzene rings is 2. The summed E-state index contributed by atoms with van der Waals surface area (Å²) >= 11 is 5.98. The lowest BCUT2D eigenvalue weighted by atomic mass is 9.81. The number of anilines is 1. The summed E-state index contributed by atoms with van der Waals surface area (Å²) in [5.41, 5.74) is 1.09. The quantitative estimate of drug-likeness (QED) is 0.499. The van der Waals surface area contributed by atoms with Crippen molar-refractivity contribution >= 4 is 27.4 Å². The number of rotatable bonds is 7. The Morgan fingerprint density at radius 3 is 2.67 bits per heavy atom. The molecule has 0 aliphatic carbocycles. The molecule has 0 saturated carbocycles. The van der Waals surface area contributed by atoms with Crippen LogP contribution in [0.1, 0.15) is 23.7 Å². The van der Waals surface area contributed by atoms with Gasteiger partial charge < -0.3 is 14.6 Å². The van der Waals surface area contributed by atoms with E-state index in [2.05, 4.69) is 15.2 Å². The van der Waals surface area contributed by atoms with Crippen molar-refractivity contribution in [2.24, 2.45) is 5.92 Å². The number of hydrogen-bond donors (Lipinski definition) is 2. The van der Waals surface area contributed by atoms with Crippen molar-refractivity contribution < 1.29 is 26.5 Å². The zero-order chi connectivity index (χ0) is 23.6. The molecular weight excluding hydrogens is 476 g/mol. The fourth-order valence-corrected chi connectivity index (χ4v) is 5.06. The minimum absolute atomic E-state index is 0.00266. The molecule has 1 fully saturated rings. The SMILES string of the molecule is Cc1cc(NS(=O)(=O)c2cc(F)c(OC[C@@H]3CNCC[C@H]3c3ccc(Cl)cc3)cc2F)no1. The van der Waals surface area contributed by atoms with Crippen molar-refractivity contribution in [3.05, 3.63) is 70.4 Å². The molecule has 0 amide bonds. The first-order chi connectivity index (χ1) is 15.7. The molecule has 1 aliphatic heterocycles. The van der Waals surface area contributed by atoms with Gasteiger partial charge in [0.15, 0.2) is 17.4 Å². The van der Waals surface area contributed by atoms with Gasteiger partial charge in [0.25, 0.3) is 10.0 Å². The predicted molar refractivity (Wildman–Crippen MR) is 119 cm³/mol. The van der Waals surface area contributed by atoms with Crippen molar-refractivity contribution in [3.63, 3.8) is 0 Å². The fraction of sp³-hybridized carbons (Fsp3) is 0.318. The Hall–Kier alpha value is -2.69. The second-order valence-electron chi connectivity index (χ2n) is 7.86. The highest BCUT2D eigenvalue weighted by Crippen LogP contribution is 2.33. The summed E-state index contributed by atoms with van der Waals surface area (Å²) in [4.78, 5) is -0.855. The van der Waals surface area contributed by atoms with Gasteiger partial charge in [-0.3, -0.25) is 4.72 Å². The third-order valence-electron chi connectivity index (χ3n) is 5.50. The van der Waals surface area contributed by atoms with Gasteiger partial charge in [-0.25, -0.2) is 17.2 Å². The monoisotopic (exact) mass is 497 g/mol. The van der Waals surface area contributed by atoms with E-state index in [9.17, 15) is 17.2 Å². The summed E-state index contributed by atoms with van der Waals surface area (Å²) in [6.45, 7) is 3.16. The zero-order valence-electron chi connectivity index (χ0n) is 17.6. The van der Waals surface area contributed by atoms with Crippen LogP contribution in [0.15, 0.2) is 51.9 Å². The molecule has 2 heterocycles. The number of aryl methyl sites for hydroxylation is 1. The summed E-state index contributed by atoms with van der Waals surface area (Å²) < 4.78 is 66.7. The fourth-order valence-electron chi connectivity index (χ4n) is 3.88. The normalized spacial score (nSPS) is 18.8. The summed E-state index contributed by atoms with van der Waals surface area (Å²) in [6, 6.07) is 10.2. The third-order valence-corrected chi connectivity index (χ3v) is 7.12. The number of hydrogen-bond acceptors (Lipinski definition) is 6. The average Bonchev–Trinajstić information content (AvgIpc) is 3.18. The van der Waals surface area contributed by atoms with E-state index in [0.717, 1.165) is 24.6 Å². The first kappa shape index (κ1) is 23.5. The lowest BCUT2D eigenvalue weighted by molar-refractivity contribution is 0.190. The minimum atomic E-state index is -4.42. The minimum Gasteiger partial charge on any atom is -0.490 e. The van der Waals surface area contributed by atoms with Crippen LogP contribution in [-0.2, 0) is 10.0 Å². The number of sulfonamides is 1. The topological polar surface area (TPSA) is 93.5 Å². The summed E-state index contributed by atoms with van der Waals surface area (Å²) in [5, 5.41) is 7.42. The predicted octanol–water partition coefficient (Wildman–Crippen LogP) is 4.49. The Labute approximate surface area is 195 Å². The van der Waals surface area contributed by atoms with Crippen molar-refractivity contribution in [1.29, 1.82) is 0 Å². The molecule has 2 N–H and O–H groups in total. The van der Waals surface area contributed by atoms with Gasteiger partial charge in [-0.1, -0.05) is 28.9 Å². The Morgan fingerprint density at radius 2 is 1.97 bits per heavy atom. The molecule has 1 aliphatic rings. The van der Waals surface area contributed by atoms with E-state index in [1.54, 1.807) is 6.92 Å². The van der Waals surface area contributed by atoms with E-state index >= 15 is 0 Å². The van der Waals surface area contributed by atoms with Crippen molar-refractivity contribution in [3.8, 4) is 5.75 Å². The Balaban J connectivity index is 1.49. The second-order valence-corrected chi connectivity index (χ2v) is 9.95. The van der Waals surface area contributed by atoms with E-state index < -0.39 is 26.6 Å². The highest BCUT2D eigenvalue weighted by atomic mass is 35.5. The lowest BCUT2D eigenvalue weighted by Gasteiger charge is -2.32. The van der Waals surface area contributed by atoms with Gasteiger partial charge in [0.1, 0.15) is 16.5 Å². The first-order valence-electron chi connectivity index (χ1n) is 10.3. The zero-order valence-corrected chi connectivity index (χ0v) is 19.2. The molecule has 0 bridgehead atoms. The van der Waals surface area contributed by atoms with Crippen LogP contribution in [0.5, 0.6) is 5.75 Å². The van der Waals surface area contributed by atoms with Gasteiger partial charge in [-0.05, 0) is 43.5 Å². The molecule has 33 heavy (non-hydrogen) atoms. The van der Waals surface area contributed by atoms with Gasteiger partial charge in [0.05, 0.1) is 6.61 Å². The van der Waals surface area contributed by atoms with Gasteiger partial charge in [-0.15, -0.1) is 0 Å². The van der Waals surface area contributed by atoms with Crippen molar-refractivity contribution in [2.45, 2.75) is 24.2 Å². The van der Waals surface area contributed by atoms with E-state index in [0.29, 0.717) is 23.4 Å². The smallest absolute Gasteiger partial charge is 0.266 e. The third kappa shape index (κ3) is 5.45. The number of ether oxygens (including phenoxy) is 1. The summed E-state index contributed by atoms with van der Waals surface area (Å²) in [7, 11) is -4.42. The molecule has 2 atom stereocenters. The molecule has 1 saturated heterocycles. The molecule has 0 spiro atoms. The molecule has 0 unspecified atom stereocenters. The van der Waals surface area contributed by atoms with Gasteiger partial charge in [-0.2, -0.15) is 0 Å². The first-order valence-corrected chi connectivity index (χ1v) is 12.1. The number of nitrogens with zero attached hydrogens (tertiary/aromatic N) is 1. The van der Waals surface area contributed by atoms with Crippen molar-refractivity contribution in [1.82, 2.24) is 10.5 Å². The molecule has 7 nitrogen and oxygen atoms in total.